The minimum Gasteiger partial charge on any atom is -0.390 e. The lowest BCUT2D eigenvalue weighted by Gasteiger charge is -2.36. The van der Waals surface area contributed by atoms with Crippen molar-refractivity contribution in [3.8, 4) is 0 Å². The lowest BCUT2D eigenvalue weighted by atomic mass is 9.98. The van der Waals surface area contributed by atoms with Gasteiger partial charge in [-0.05, 0) is 67.5 Å². The van der Waals surface area contributed by atoms with Crippen molar-refractivity contribution in [2.45, 2.75) is 95.2 Å². The summed E-state index contributed by atoms with van der Waals surface area (Å²) in [6, 6.07) is 17.7. The number of nitrogens with zero attached hydrogens (tertiary/aromatic N) is 2. The van der Waals surface area contributed by atoms with Crippen LogP contribution in [-0.2, 0) is 24.7 Å². The molecular formula is C35H43F3N4O3. The van der Waals surface area contributed by atoms with Crippen LogP contribution in [0.4, 0.5) is 13.2 Å². The Hall–Kier alpha value is -3.63. The third-order valence-electron chi connectivity index (χ3n) is 9.16. The molecule has 1 saturated carbocycles. The van der Waals surface area contributed by atoms with Gasteiger partial charge in [0.25, 0.3) is 11.8 Å². The number of hydrogen-bond acceptors (Lipinski definition) is 4. The van der Waals surface area contributed by atoms with E-state index in [2.05, 4.69) is 24.5 Å². The molecule has 1 aliphatic heterocycles. The number of benzene rings is 2. The van der Waals surface area contributed by atoms with Crippen LogP contribution in [0.1, 0.15) is 90.0 Å². The molecule has 0 spiro atoms. The zero-order chi connectivity index (χ0) is 32.2. The van der Waals surface area contributed by atoms with Gasteiger partial charge in [-0.15, -0.1) is 0 Å². The van der Waals surface area contributed by atoms with Crippen LogP contribution in [0.15, 0.2) is 66.7 Å². The Morgan fingerprint density at radius 3 is 2.33 bits per heavy atom. The molecule has 242 valence electrons. The molecule has 10 heteroatoms. The number of rotatable bonds is 14. The van der Waals surface area contributed by atoms with Crippen LogP contribution < -0.4 is 10.6 Å². The first kappa shape index (κ1) is 32.8. The smallest absolute Gasteiger partial charge is 0.390 e. The highest BCUT2D eigenvalue weighted by Gasteiger charge is 2.45. The zero-order valence-electron chi connectivity index (χ0n) is 25.9. The fourth-order valence-electron chi connectivity index (χ4n) is 6.54. The minimum absolute atomic E-state index is 0.0680. The maximum atomic E-state index is 13.7. The molecule has 0 radical (unpaired) electrons. The van der Waals surface area contributed by atoms with Gasteiger partial charge in [0.2, 0.25) is 0 Å². The second-order valence-electron chi connectivity index (χ2n) is 12.4. The Balaban J connectivity index is 1.31. The first-order valence-electron chi connectivity index (χ1n) is 16.0. The second kappa shape index (κ2) is 13.8. The number of nitrogens with one attached hydrogen (secondary N) is 2. The molecule has 1 aromatic heterocycles. The van der Waals surface area contributed by atoms with Gasteiger partial charge in [-0.1, -0.05) is 69.2 Å². The first-order chi connectivity index (χ1) is 21.6. The first-order valence-corrected chi connectivity index (χ1v) is 16.0. The average molecular weight is 625 g/mol. The Labute approximate surface area is 262 Å². The topological polar surface area (TPSA) is 86.6 Å². The molecule has 3 N–H and O–H groups in total. The van der Waals surface area contributed by atoms with Crippen molar-refractivity contribution in [2.75, 3.05) is 13.1 Å². The summed E-state index contributed by atoms with van der Waals surface area (Å²) in [5.74, 6) is -0.457. The number of aliphatic hydroxyl groups excluding tert-OH is 1. The Bertz CT molecular complexity index is 1460. The second-order valence-corrected chi connectivity index (χ2v) is 12.4. The molecule has 5 rings (SSSR count). The summed E-state index contributed by atoms with van der Waals surface area (Å²) < 4.78 is 41.8. The average Bonchev–Trinajstić information content (AvgIpc) is 3.69. The number of hydrogen-bond donors (Lipinski definition) is 3. The molecule has 2 aromatic carbocycles. The van der Waals surface area contributed by atoms with Gasteiger partial charge in [-0.25, -0.2) is 0 Å². The summed E-state index contributed by atoms with van der Waals surface area (Å²) in [4.78, 5) is 29.1. The van der Waals surface area contributed by atoms with Gasteiger partial charge in [0.15, 0.2) is 0 Å². The van der Waals surface area contributed by atoms with E-state index in [0.717, 1.165) is 37.3 Å². The third kappa shape index (κ3) is 7.44. The van der Waals surface area contributed by atoms with E-state index in [1.807, 2.05) is 35.2 Å². The van der Waals surface area contributed by atoms with Gasteiger partial charge in [0.05, 0.1) is 17.7 Å². The molecule has 2 heterocycles. The normalized spacial score (nSPS) is 17.2. The maximum absolute atomic E-state index is 13.7. The van der Waals surface area contributed by atoms with Gasteiger partial charge >= 0.3 is 6.18 Å². The highest BCUT2D eigenvalue weighted by molar-refractivity contribution is 5.99. The van der Waals surface area contributed by atoms with E-state index in [-0.39, 0.29) is 24.4 Å². The van der Waals surface area contributed by atoms with Crippen molar-refractivity contribution >= 4 is 11.8 Å². The summed E-state index contributed by atoms with van der Waals surface area (Å²) in [6.07, 6.45) is 0.0333. The van der Waals surface area contributed by atoms with Crippen LogP contribution in [0.3, 0.4) is 0 Å². The zero-order valence-corrected chi connectivity index (χ0v) is 25.9. The molecule has 2 atom stereocenters. The van der Waals surface area contributed by atoms with Gasteiger partial charge in [0, 0.05) is 31.2 Å². The Morgan fingerprint density at radius 2 is 1.69 bits per heavy atom. The molecule has 0 saturated heterocycles. The van der Waals surface area contributed by atoms with Crippen molar-refractivity contribution < 1.29 is 27.9 Å². The summed E-state index contributed by atoms with van der Waals surface area (Å²) >= 11 is 0. The van der Waals surface area contributed by atoms with E-state index >= 15 is 0 Å². The lowest BCUT2D eigenvalue weighted by Crippen LogP contribution is -2.51. The fourth-order valence-corrected chi connectivity index (χ4v) is 6.54. The SMILES string of the molecule is CCCC(CCC)N1CCn2c(C(=O)N[C@@H](Cc3ccccc3)[C@H](O)CNC3(c4cccc(C(F)(F)F)c4)CC3)ccc2C1=O. The number of amides is 2. The molecule has 45 heavy (non-hydrogen) atoms. The van der Waals surface area contributed by atoms with Gasteiger partial charge < -0.3 is 25.2 Å². The largest absolute Gasteiger partial charge is 0.416 e. The third-order valence-corrected chi connectivity index (χ3v) is 9.16. The summed E-state index contributed by atoms with van der Waals surface area (Å²) in [7, 11) is 0. The molecule has 2 aliphatic rings. The number of fused-ring (bicyclic) bond motifs is 1. The summed E-state index contributed by atoms with van der Waals surface area (Å²) in [5.41, 5.74) is 0.951. The minimum atomic E-state index is -4.44. The molecule has 1 fully saturated rings. The van der Waals surface area contributed by atoms with Crippen molar-refractivity contribution in [1.29, 1.82) is 0 Å². The molecule has 1 aliphatic carbocycles. The molecule has 0 bridgehead atoms. The number of carbonyl (C=O) groups excluding carboxylic acids is 2. The fraction of sp³-hybridized carbons (Fsp3) is 0.486. The van der Waals surface area contributed by atoms with Crippen LogP contribution in [-0.4, -0.2) is 57.7 Å². The predicted molar refractivity (Wildman–Crippen MR) is 167 cm³/mol. The van der Waals surface area contributed by atoms with Crippen molar-refractivity contribution in [2.24, 2.45) is 0 Å². The van der Waals surface area contributed by atoms with Gasteiger partial charge in [-0.3, -0.25) is 9.59 Å². The van der Waals surface area contributed by atoms with E-state index in [9.17, 15) is 27.9 Å². The van der Waals surface area contributed by atoms with E-state index in [1.54, 1.807) is 22.8 Å². The Kier molecular flexibility index (Phi) is 10.0. The van der Waals surface area contributed by atoms with Crippen LogP contribution in [0.5, 0.6) is 0 Å². The highest BCUT2D eigenvalue weighted by Crippen LogP contribution is 2.46. The number of carbonyl (C=O) groups is 2. The van der Waals surface area contributed by atoms with Crippen molar-refractivity contribution in [1.82, 2.24) is 20.1 Å². The van der Waals surface area contributed by atoms with Gasteiger partial charge in [-0.2, -0.15) is 13.2 Å². The van der Waals surface area contributed by atoms with Crippen LogP contribution >= 0.6 is 0 Å². The molecule has 0 unspecified atom stereocenters. The summed E-state index contributed by atoms with van der Waals surface area (Å²) in [5, 5.41) is 17.7. The number of alkyl halides is 3. The quantitative estimate of drug-likeness (QED) is 0.208. The molecular weight excluding hydrogens is 581 g/mol. The van der Waals surface area contributed by atoms with E-state index in [1.165, 1.54) is 12.1 Å². The van der Waals surface area contributed by atoms with E-state index < -0.39 is 29.4 Å². The van der Waals surface area contributed by atoms with Gasteiger partial charge in [0.1, 0.15) is 11.4 Å². The standard InChI is InChI=1S/C35H43F3N4O3/c1-3-9-27(10-4-2)41-19-20-42-29(15-16-30(42)33(41)45)32(44)40-28(21-24-11-6-5-7-12-24)31(43)23-39-34(17-18-34)25-13-8-14-26(22-25)35(36,37)38/h5-8,11-16,22,27-28,31,39,43H,3-4,9-10,17-21,23H2,1-2H3,(H,40,44)/t28-,31+/m0/s1. The highest BCUT2D eigenvalue weighted by atomic mass is 19.4. The van der Waals surface area contributed by atoms with Crippen molar-refractivity contribution in [3.63, 3.8) is 0 Å². The molecule has 3 aromatic rings. The number of aromatic nitrogens is 1. The van der Waals surface area contributed by atoms with Crippen LogP contribution in [0.2, 0.25) is 0 Å². The van der Waals surface area contributed by atoms with Crippen LogP contribution in [0.25, 0.3) is 0 Å². The number of halogens is 3. The van der Waals surface area contributed by atoms with E-state index in [0.29, 0.717) is 49.3 Å². The molecule has 7 nitrogen and oxygen atoms in total. The van der Waals surface area contributed by atoms with Crippen LogP contribution in [0, 0.1) is 0 Å². The lowest BCUT2D eigenvalue weighted by molar-refractivity contribution is -0.137. The van der Waals surface area contributed by atoms with Crippen molar-refractivity contribution in [3.05, 3.63) is 94.8 Å². The maximum Gasteiger partial charge on any atom is 0.416 e. The number of aliphatic hydroxyl groups is 1. The predicted octanol–water partition coefficient (Wildman–Crippen LogP) is 5.91. The molecule has 2 amide bonds. The van der Waals surface area contributed by atoms with E-state index in [4.69, 9.17) is 0 Å². The summed E-state index contributed by atoms with van der Waals surface area (Å²) in [6.45, 7) is 5.35. The Morgan fingerprint density at radius 1 is 0.978 bits per heavy atom. The monoisotopic (exact) mass is 624 g/mol.